The van der Waals surface area contributed by atoms with Crippen molar-refractivity contribution in [1.29, 1.82) is 0 Å². The van der Waals surface area contributed by atoms with Crippen molar-refractivity contribution in [3.8, 4) is 23.0 Å². The average molecular weight is 1020 g/mol. The van der Waals surface area contributed by atoms with Gasteiger partial charge < -0.3 is 61.3 Å². The Morgan fingerprint density at radius 1 is 0.333 bits per heavy atom. The van der Waals surface area contributed by atoms with E-state index >= 15 is 0 Å². The first kappa shape index (κ1) is 73.9. The SMILES string of the molecule is CO.CO.CO.CO.[Ni+2].[Ni+2].[Ni+2].[Ni+2].[O-]CCN=Cc1ccccc1[O-].[O-]CCN=Cc1ccccc1[O-].[O-]CCN=Cc1ccccc1[O-].[O-]CCN=Cc1ccccc1[O-]. The summed E-state index contributed by atoms with van der Waals surface area (Å²) in [7, 11) is 4.00. The standard InChI is InChI=1S/4C9H10NO2.4CH4O.4Ni/c4*11-6-5-10-7-8-3-1-2-4-9(8)12;4*1-2;;;;/h4*1-4,7,12H,5-6H2;4*2H,1H3;;;;/q4*-1;;;;;4*+2/p-4. The molecule has 0 aliphatic heterocycles. The van der Waals surface area contributed by atoms with Crippen LogP contribution in [0.25, 0.3) is 0 Å². The topological polar surface area (TPSA) is 315 Å². The van der Waals surface area contributed by atoms with Crippen molar-refractivity contribution in [1.82, 2.24) is 0 Å². The zero-order valence-corrected chi connectivity index (χ0v) is 37.3. The van der Waals surface area contributed by atoms with Crippen molar-refractivity contribution in [2.45, 2.75) is 0 Å². The maximum absolute atomic E-state index is 11.0. The molecule has 0 fully saturated rings. The van der Waals surface area contributed by atoms with Gasteiger partial charge in [0.1, 0.15) is 0 Å². The Morgan fingerprint density at radius 2 is 0.483 bits per heavy atom. The van der Waals surface area contributed by atoms with Gasteiger partial charge in [0.05, 0.1) is 0 Å². The molecule has 60 heavy (non-hydrogen) atoms. The van der Waals surface area contributed by atoms with Gasteiger partial charge in [0.15, 0.2) is 0 Å². The van der Waals surface area contributed by atoms with E-state index in [0.29, 0.717) is 22.3 Å². The number of benzene rings is 4. The van der Waals surface area contributed by atoms with E-state index in [9.17, 15) is 40.9 Å². The maximum atomic E-state index is 11.0. The molecule has 344 valence electrons. The van der Waals surface area contributed by atoms with Crippen LogP contribution < -0.4 is 40.9 Å². The molecule has 4 aromatic carbocycles. The molecule has 4 rings (SSSR count). The zero-order chi connectivity index (χ0) is 43.2. The third-order valence-electron chi connectivity index (χ3n) is 5.48. The monoisotopic (exact) mass is 1010 g/mol. The van der Waals surface area contributed by atoms with Crippen LogP contribution in [0.2, 0.25) is 0 Å². The molecule has 0 amide bonds. The predicted molar refractivity (Wildman–Crippen MR) is 205 cm³/mol. The molecule has 0 aliphatic rings. The molecule has 0 unspecified atom stereocenters. The molecule has 0 saturated carbocycles. The van der Waals surface area contributed by atoms with E-state index in [1.807, 2.05) is 0 Å². The van der Waals surface area contributed by atoms with E-state index in [0.717, 1.165) is 28.4 Å². The fourth-order valence-corrected chi connectivity index (χ4v) is 3.21. The third-order valence-corrected chi connectivity index (χ3v) is 5.48. The van der Waals surface area contributed by atoms with Crippen molar-refractivity contribution in [3.63, 3.8) is 0 Å². The zero-order valence-electron chi connectivity index (χ0n) is 33.3. The molecule has 0 aliphatic carbocycles. The summed E-state index contributed by atoms with van der Waals surface area (Å²) in [5.41, 5.74) is 2.13. The van der Waals surface area contributed by atoms with Crippen LogP contribution >= 0.6 is 0 Å². The van der Waals surface area contributed by atoms with Crippen LogP contribution in [0.3, 0.4) is 0 Å². The molecular formula is C40H52N4Ni4O12. The van der Waals surface area contributed by atoms with Gasteiger partial charge in [-0.3, -0.25) is 20.0 Å². The van der Waals surface area contributed by atoms with Gasteiger partial charge in [-0.1, -0.05) is 97.1 Å². The van der Waals surface area contributed by atoms with E-state index < -0.39 is 0 Å². The summed E-state index contributed by atoms with van der Waals surface area (Å²) in [5.74, 6) is -0.251. The van der Waals surface area contributed by atoms with Crippen LogP contribution in [0.4, 0.5) is 0 Å². The number of para-hydroxylation sites is 4. The van der Waals surface area contributed by atoms with E-state index in [1.165, 1.54) is 49.1 Å². The molecular weight excluding hydrogens is 963 g/mol. The molecule has 0 radical (unpaired) electrons. The summed E-state index contributed by atoms with van der Waals surface area (Å²) in [4.78, 5) is 15.1. The average Bonchev–Trinajstić information content (AvgIpc) is 3.25. The smallest absolute Gasteiger partial charge is 0.872 e. The number of rotatable bonds is 12. The van der Waals surface area contributed by atoms with Crippen LogP contribution in [0, 0.1) is 0 Å². The number of hydrogen-bond acceptors (Lipinski definition) is 16. The second kappa shape index (κ2) is 59.7. The number of aliphatic hydroxyl groups excluding tert-OH is 4. The minimum atomic E-state index is -0.239. The molecule has 0 spiro atoms. The van der Waals surface area contributed by atoms with Crippen LogP contribution in [0.5, 0.6) is 23.0 Å². The van der Waals surface area contributed by atoms with Gasteiger partial charge in [-0.05, 0) is 22.3 Å². The van der Waals surface area contributed by atoms with Crippen molar-refractivity contribution in [3.05, 3.63) is 119 Å². The Morgan fingerprint density at radius 3 is 0.617 bits per heavy atom. The van der Waals surface area contributed by atoms with Crippen molar-refractivity contribution >= 4 is 24.9 Å². The Labute approximate surface area is 393 Å². The summed E-state index contributed by atoms with van der Waals surface area (Å²) >= 11 is 0. The first-order chi connectivity index (χ1) is 27.4. The van der Waals surface area contributed by atoms with Gasteiger partial charge in [-0.15, -0.1) is 49.4 Å². The number of hydrogen-bond donors (Lipinski definition) is 4. The third kappa shape index (κ3) is 42.5. The Kier molecular flexibility index (Phi) is 73.6. The molecule has 4 N–H and O–H groups in total. The maximum Gasteiger partial charge on any atom is 2.00 e. The summed E-state index contributed by atoms with van der Waals surface area (Å²) in [5, 5.41) is 112. The molecule has 0 atom stereocenters. The van der Waals surface area contributed by atoms with E-state index in [2.05, 4.69) is 20.0 Å². The van der Waals surface area contributed by atoms with Gasteiger partial charge in [0.25, 0.3) is 0 Å². The van der Waals surface area contributed by atoms with Gasteiger partial charge >= 0.3 is 66.0 Å². The quantitative estimate of drug-likeness (QED) is 0.0797. The summed E-state index contributed by atoms with van der Waals surface area (Å²) in [6.45, 7) is -0.0323. The predicted octanol–water partition coefficient (Wildman–Crippen LogP) is -3.42. The minimum absolute atomic E-state index is 0. The van der Waals surface area contributed by atoms with E-state index in [1.54, 1.807) is 72.8 Å². The van der Waals surface area contributed by atoms with Crippen molar-refractivity contribution in [2.75, 3.05) is 81.0 Å². The second-order valence-corrected chi connectivity index (χ2v) is 9.11. The first-order valence-corrected chi connectivity index (χ1v) is 16.5. The molecule has 0 saturated heterocycles. The van der Waals surface area contributed by atoms with Gasteiger partial charge in [0, 0.05) is 79.5 Å². The van der Waals surface area contributed by atoms with Crippen LogP contribution in [0.15, 0.2) is 117 Å². The molecule has 20 heteroatoms. The van der Waals surface area contributed by atoms with Gasteiger partial charge in [-0.2, -0.15) is 0 Å². The van der Waals surface area contributed by atoms with Crippen LogP contribution in [-0.2, 0) is 66.0 Å². The fraction of sp³-hybridized carbons (Fsp3) is 0.300. The molecule has 0 bridgehead atoms. The Balaban J connectivity index is -0.0000000926. The Bertz CT molecular complexity index is 1350. The van der Waals surface area contributed by atoms with E-state index in [4.69, 9.17) is 20.4 Å². The summed E-state index contributed by atoms with van der Waals surface area (Å²) in [6, 6.07) is 26.3. The van der Waals surface area contributed by atoms with Crippen molar-refractivity contribution in [2.24, 2.45) is 20.0 Å². The number of nitrogens with zero attached hydrogens (tertiary/aromatic N) is 4. The molecule has 16 nitrogen and oxygen atoms in total. The molecule has 4 aromatic rings. The van der Waals surface area contributed by atoms with Crippen LogP contribution in [-0.4, -0.2) is 126 Å². The normalized spacial score (nSPS) is 9.00. The fourth-order valence-electron chi connectivity index (χ4n) is 3.21. The van der Waals surface area contributed by atoms with Gasteiger partial charge in [0.2, 0.25) is 0 Å². The molecule has 0 aromatic heterocycles. The minimum Gasteiger partial charge on any atom is -0.872 e. The summed E-state index contributed by atoms with van der Waals surface area (Å²) < 4.78 is 0. The van der Waals surface area contributed by atoms with Gasteiger partial charge in [-0.25, -0.2) is 0 Å². The summed E-state index contributed by atoms with van der Waals surface area (Å²) in [6.07, 6.45) is 5.78. The number of aliphatic hydroxyl groups is 4. The second-order valence-electron chi connectivity index (χ2n) is 9.11. The van der Waals surface area contributed by atoms with Crippen molar-refractivity contribution < 1.29 is 127 Å². The Hall–Kier alpha value is -3.59. The van der Waals surface area contributed by atoms with Crippen LogP contribution in [0.1, 0.15) is 22.3 Å². The first-order valence-electron chi connectivity index (χ1n) is 16.5. The van der Waals surface area contributed by atoms with E-state index in [-0.39, 0.29) is 142 Å². The number of aliphatic imine (C=N–C) groups is 4. The largest absolute Gasteiger partial charge is 2.00 e. The molecule has 0 heterocycles.